The number of aromatic nitrogens is 3. The number of hydrogen-bond donors (Lipinski definition) is 2. The summed E-state index contributed by atoms with van der Waals surface area (Å²) in [4.78, 5) is 26.6. The number of nitrogens with zero attached hydrogens (tertiary/aromatic N) is 4. The zero-order valence-corrected chi connectivity index (χ0v) is 15.6. The van der Waals surface area contributed by atoms with Gasteiger partial charge in [0.1, 0.15) is 11.3 Å². The van der Waals surface area contributed by atoms with E-state index in [1.165, 1.54) is 4.90 Å². The van der Waals surface area contributed by atoms with E-state index in [1.807, 2.05) is 25.1 Å². The third kappa shape index (κ3) is 3.04. The Bertz CT molecular complexity index is 1160. The zero-order valence-electron chi connectivity index (χ0n) is 15.6. The molecule has 0 saturated carbocycles. The predicted molar refractivity (Wildman–Crippen MR) is 106 cm³/mol. The second kappa shape index (κ2) is 6.59. The van der Waals surface area contributed by atoms with E-state index in [2.05, 4.69) is 26.8 Å². The van der Waals surface area contributed by atoms with E-state index < -0.39 is 5.60 Å². The van der Waals surface area contributed by atoms with Crippen LogP contribution in [0.25, 0.3) is 22.3 Å². The number of hydrogen-bond acceptors (Lipinski definition) is 6. The van der Waals surface area contributed by atoms with Gasteiger partial charge in [-0.3, -0.25) is 4.79 Å². The van der Waals surface area contributed by atoms with Gasteiger partial charge in [0.15, 0.2) is 5.82 Å². The van der Waals surface area contributed by atoms with E-state index in [-0.39, 0.29) is 5.91 Å². The minimum absolute atomic E-state index is 0.300. The lowest BCUT2D eigenvalue weighted by Gasteiger charge is -2.13. The molecule has 3 aromatic rings. The average Bonchev–Trinajstić information content (AvgIpc) is 2.95. The summed E-state index contributed by atoms with van der Waals surface area (Å²) < 4.78 is 0. The summed E-state index contributed by atoms with van der Waals surface area (Å²) in [7, 11) is 1.66. The number of benzene rings is 1. The van der Waals surface area contributed by atoms with Crippen molar-refractivity contribution in [2.24, 2.45) is 0 Å². The van der Waals surface area contributed by atoms with Crippen molar-refractivity contribution in [1.29, 1.82) is 0 Å². The zero-order chi connectivity index (χ0) is 19.9. The molecule has 140 valence electrons. The maximum atomic E-state index is 12.1. The molecular weight excluding hydrogens is 354 g/mol. The lowest BCUT2D eigenvalue weighted by atomic mass is 10.0. The van der Waals surface area contributed by atoms with Gasteiger partial charge >= 0.3 is 0 Å². The molecule has 28 heavy (non-hydrogen) atoms. The molecule has 0 radical (unpaired) electrons. The number of carbonyl (C=O) groups is 1. The SMILES string of the molecule is Cc1ccc(C#CC2(O)CCN(C)C2=O)cc1-c1ncc2ccnc(N)c2n1. The first kappa shape index (κ1) is 17.9. The second-order valence-electron chi connectivity index (χ2n) is 6.94. The van der Waals surface area contributed by atoms with Crippen LogP contribution in [-0.2, 0) is 4.79 Å². The fraction of sp³-hybridized carbons (Fsp3) is 0.238. The minimum Gasteiger partial charge on any atom is -0.382 e. The van der Waals surface area contributed by atoms with Gasteiger partial charge in [-0.15, -0.1) is 0 Å². The van der Waals surface area contributed by atoms with Crippen molar-refractivity contribution in [1.82, 2.24) is 19.9 Å². The monoisotopic (exact) mass is 373 g/mol. The minimum atomic E-state index is -1.63. The van der Waals surface area contributed by atoms with Crippen LogP contribution in [0.3, 0.4) is 0 Å². The third-order valence-electron chi connectivity index (χ3n) is 4.93. The van der Waals surface area contributed by atoms with E-state index >= 15 is 0 Å². The van der Waals surface area contributed by atoms with Gasteiger partial charge in [0.25, 0.3) is 5.91 Å². The molecule has 2 aromatic heterocycles. The molecule has 1 fully saturated rings. The van der Waals surface area contributed by atoms with Crippen molar-refractivity contribution in [2.45, 2.75) is 18.9 Å². The van der Waals surface area contributed by atoms with Crippen molar-refractivity contribution in [3.8, 4) is 23.2 Å². The summed E-state index contributed by atoms with van der Waals surface area (Å²) in [5.74, 6) is 6.16. The fourth-order valence-electron chi connectivity index (χ4n) is 3.19. The van der Waals surface area contributed by atoms with Gasteiger partial charge in [0, 0.05) is 48.9 Å². The Balaban J connectivity index is 1.74. The first-order valence-corrected chi connectivity index (χ1v) is 8.87. The Labute approximate surface area is 162 Å². The van der Waals surface area contributed by atoms with E-state index in [9.17, 15) is 9.90 Å². The molecule has 1 unspecified atom stereocenters. The summed E-state index contributed by atoms with van der Waals surface area (Å²) in [5, 5.41) is 11.3. The van der Waals surface area contributed by atoms with Crippen molar-refractivity contribution in [3.05, 3.63) is 47.8 Å². The van der Waals surface area contributed by atoms with Crippen LogP contribution in [0.4, 0.5) is 5.82 Å². The summed E-state index contributed by atoms with van der Waals surface area (Å²) in [5.41, 5.74) is 7.35. The van der Waals surface area contributed by atoms with Gasteiger partial charge in [-0.1, -0.05) is 17.9 Å². The Morgan fingerprint density at radius 1 is 1.29 bits per heavy atom. The van der Waals surface area contributed by atoms with Gasteiger partial charge in [0.05, 0.1) is 0 Å². The van der Waals surface area contributed by atoms with Gasteiger partial charge in [0.2, 0.25) is 5.60 Å². The highest BCUT2D eigenvalue weighted by Crippen LogP contribution is 2.25. The van der Waals surface area contributed by atoms with Crippen LogP contribution in [0.2, 0.25) is 0 Å². The standard InChI is InChI=1S/C21H19N5O2/c1-13-3-4-14(5-7-21(28)8-10-26(2)20(21)27)11-16(13)19-24-12-15-6-9-23-18(22)17(15)25-19/h3-4,6,9,11-12,28H,8,10H2,1-2H3,(H2,22,23). The number of nitrogen functional groups attached to an aromatic ring is 1. The van der Waals surface area contributed by atoms with Gasteiger partial charge in [-0.25, -0.2) is 15.0 Å². The topological polar surface area (TPSA) is 105 Å². The fourth-order valence-corrected chi connectivity index (χ4v) is 3.19. The summed E-state index contributed by atoms with van der Waals surface area (Å²) in [6.45, 7) is 2.44. The number of aliphatic hydroxyl groups is 1. The van der Waals surface area contributed by atoms with Crippen molar-refractivity contribution >= 4 is 22.6 Å². The van der Waals surface area contributed by atoms with Crippen LogP contribution in [0, 0.1) is 18.8 Å². The first-order chi connectivity index (χ1) is 13.4. The lowest BCUT2D eigenvalue weighted by molar-refractivity contribution is -0.137. The highest BCUT2D eigenvalue weighted by Gasteiger charge is 2.42. The quantitative estimate of drug-likeness (QED) is 0.627. The number of fused-ring (bicyclic) bond motifs is 1. The van der Waals surface area contributed by atoms with Crippen LogP contribution in [0.1, 0.15) is 17.5 Å². The number of amides is 1. The number of likely N-dealkylation sites (tertiary alicyclic amines) is 1. The lowest BCUT2D eigenvalue weighted by Crippen LogP contribution is -2.37. The third-order valence-corrected chi connectivity index (χ3v) is 4.93. The molecule has 1 atom stereocenters. The molecule has 1 aliphatic rings. The number of anilines is 1. The Morgan fingerprint density at radius 3 is 2.86 bits per heavy atom. The van der Waals surface area contributed by atoms with Gasteiger partial charge < -0.3 is 15.7 Å². The summed E-state index contributed by atoms with van der Waals surface area (Å²) >= 11 is 0. The molecule has 4 rings (SSSR count). The van der Waals surface area contributed by atoms with E-state index in [0.29, 0.717) is 35.7 Å². The predicted octanol–water partition coefficient (Wildman–Crippen LogP) is 1.53. The van der Waals surface area contributed by atoms with Crippen LogP contribution >= 0.6 is 0 Å². The highest BCUT2D eigenvalue weighted by atomic mass is 16.3. The maximum Gasteiger partial charge on any atom is 0.267 e. The van der Waals surface area contributed by atoms with Gasteiger partial charge in [-0.05, 0) is 30.7 Å². The summed E-state index contributed by atoms with van der Waals surface area (Å²) in [6, 6.07) is 7.41. The Morgan fingerprint density at radius 2 is 2.11 bits per heavy atom. The molecule has 0 aliphatic carbocycles. The molecular formula is C21H19N5O2. The van der Waals surface area contributed by atoms with Crippen molar-refractivity contribution in [3.63, 3.8) is 0 Å². The number of nitrogens with two attached hydrogens (primary N) is 1. The van der Waals surface area contributed by atoms with E-state index in [4.69, 9.17) is 5.73 Å². The molecule has 3 N–H and O–H groups in total. The van der Waals surface area contributed by atoms with E-state index in [0.717, 1.165) is 16.5 Å². The molecule has 1 saturated heterocycles. The number of carbonyl (C=O) groups excluding carboxylic acids is 1. The van der Waals surface area contributed by atoms with E-state index in [1.54, 1.807) is 25.5 Å². The van der Waals surface area contributed by atoms with Gasteiger partial charge in [-0.2, -0.15) is 0 Å². The van der Waals surface area contributed by atoms with Crippen molar-refractivity contribution in [2.75, 3.05) is 19.3 Å². The second-order valence-corrected chi connectivity index (χ2v) is 6.94. The Hall–Kier alpha value is -3.50. The molecule has 0 bridgehead atoms. The maximum absolute atomic E-state index is 12.1. The normalized spacial score (nSPS) is 19.0. The number of aryl methyl sites for hydroxylation is 1. The van der Waals surface area contributed by atoms with Crippen LogP contribution < -0.4 is 5.73 Å². The summed E-state index contributed by atoms with van der Waals surface area (Å²) in [6.07, 6.45) is 3.63. The number of likely N-dealkylation sites (N-methyl/N-ethyl adjacent to an activating group) is 1. The number of rotatable bonds is 1. The highest BCUT2D eigenvalue weighted by molar-refractivity contribution is 5.90. The number of pyridine rings is 1. The van der Waals surface area contributed by atoms with Crippen LogP contribution in [0.15, 0.2) is 36.7 Å². The largest absolute Gasteiger partial charge is 0.382 e. The molecule has 3 heterocycles. The van der Waals surface area contributed by atoms with Crippen LogP contribution in [0.5, 0.6) is 0 Å². The Kier molecular flexibility index (Phi) is 4.21. The average molecular weight is 373 g/mol. The molecule has 7 heteroatoms. The molecule has 1 aliphatic heterocycles. The van der Waals surface area contributed by atoms with Crippen molar-refractivity contribution < 1.29 is 9.90 Å². The molecule has 7 nitrogen and oxygen atoms in total. The molecule has 1 amide bonds. The molecule has 1 aromatic carbocycles. The smallest absolute Gasteiger partial charge is 0.267 e. The first-order valence-electron chi connectivity index (χ1n) is 8.87. The molecule has 0 spiro atoms. The van der Waals surface area contributed by atoms with Crippen LogP contribution in [-0.4, -0.2) is 50.1 Å².